The van der Waals surface area contributed by atoms with E-state index in [-0.39, 0.29) is 0 Å². The number of benzene rings is 7. The minimum absolute atomic E-state index is 0.674. The molecule has 2 heterocycles. The van der Waals surface area contributed by atoms with Crippen molar-refractivity contribution in [1.29, 1.82) is 0 Å². The predicted octanol–water partition coefficient (Wildman–Crippen LogP) is 11.9. The summed E-state index contributed by atoms with van der Waals surface area (Å²) in [4.78, 5) is 10.3. The minimum Gasteiger partial charge on any atom is -0.455 e. The van der Waals surface area contributed by atoms with Crippen LogP contribution in [0.2, 0.25) is 0 Å². The number of nitrogens with zero attached hydrogens (tertiary/aromatic N) is 2. The third-order valence-electron chi connectivity index (χ3n) is 8.91. The standard InChI is InChI=1S/C44H28N2O/c1-3-12-32(13-4-1)39-28-40(46-44(45-39)33-14-5-2-6-15-33)42-36(25-26-38-37-17-9-10-18-41(37)47-43(38)42)31-22-19-30(20-23-31)35-24-21-29-11-7-8-16-34(29)27-35/h1-28H. The molecule has 0 bridgehead atoms. The van der Waals surface area contributed by atoms with Crippen LogP contribution in [-0.4, -0.2) is 9.97 Å². The number of aromatic nitrogens is 2. The Hall–Kier alpha value is -6.32. The molecule has 0 aliphatic rings. The second kappa shape index (κ2) is 11.2. The average Bonchev–Trinajstić information content (AvgIpc) is 3.54. The first-order valence-electron chi connectivity index (χ1n) is 15.8. The Kier molecular flexibility index (Phi) is 6.46. The molecule has 0 fully saturated rings. The molecular weight excluding hydrogens is 572 g/mol. The summed E-state index contributed by atoms with van der Waals surface area (Å²) >= 11 is 0. The van der Waals surface area contributed by atoms with Gasteiger partial charge in [0.1, 0.15) is 11.2 Å². The van der Waals surface area contributed by atoms with Crippen molar-refractivity contribution in [1.82, 2.24) is 9.97 Å². The van der Waals surface area contributed by atoms with Gasteiger partial charge in [-0.1, -0.05) is 146 Å². The van der Waals surface area contributed by atoms with Crippen LogP contribution in [-0.2, 0) is 0 Å². The van der Waals surface area contributed by atoms with Gasteiger partial charge in [0, 0.05) is 21.9 Å². The summed E-state index contributed by atoms with van der Waals surface area (Å²) in [7, 11) is 0. The second-order valence-electron chi connectivity index (χ2n) is 11.8. The normalized spacial score (nSPS) is 11.4. The molecule has 0 saturated carbocycles. The van der Waals surface area contributed by atoms with Crippen molar-refractivity contribution in [2.24, 2.45) is 0 Å². The van der Waals surface area contributed by atoms with Gasteiger partial charge in [-0.3, -0.25) is 0 Å². The van der Waals surface area contributed by atoms with Crippen LogP contribution >= 0.6 is 0 Å². The van der Waals surface area contributed by atoms with Crippen LogP contribution in [0.3, 0.4) is 0 Å². The molecule has 7 aromatic carbocycles. The first-order chi connectivity index (χ1) is 23.3. The van der Waals surface area contributed by atoms with Gasteiger partial charge in [0.05, 0.1) is 17.0 Å². The van der Waals surface area contributed by atoms with Crippen molar-refractivity contribution < 1.29 is 4.42 Å². The Bertz CT molecular complexity index is 2490. The summed E-state index contributed by atoms with van der Waals surface area (Å²) in [6, 6.07) is 59.1. The average molecular weight is 601 g/mol. The van der Waals surface area contributed by atoms with E-state index in [1.54, 1.807) is 0 Å². The fraction of sp³-hybridized carbons (Fsp3) is 0. The van der Waals surface area contributed by atoms with Crippen molar-refractivity contribution in [2.45, 2.75) is 0 Å². The Balaban J connectivity index is 1.27. The fourth-order valence-corrected chi connectivity index (χ4v) is 6.54. The summed E-state index contributed by atoms with van der Waals surface area (Å²) in [5, 5.41) is 4.63. The topological polar surface area (TPSA) is 38.9 Å². The van der Waals surface area contributed by atoms with Crippen LogP contribution in [0.15, 0.2) is 174 Å². The van der Waals surface area contributed by atoms with Crippen molar-refractivity contribution in [2.75, 3.05) is 0 Å². The second-order valence-corrected chi connectivity index (χ2v) is 11.8. The number of fused-ring (bicyclic) bond motifs is 4. The van der Waals surface area contributed by atoms with Crippen LogP contribution in [0, 0.1) is 0 Å². The summed E-state index contributed by atoms with van der Waals surface area (Å²) in [6.07, 6.45) is 0. The molecule has 9 rings (SSSR count). The zero-order valence-corrected chi connectivity index (χ0v) is 25.5. The molecule has 3 nitrogen and oxygen atoms in total. The van der Waals surface area contributed by atoms with Crippen molar-refractivity contribution in [3.05, 3.63) is 170 Å². The Labute approximate surface area is 272 Å². The van der Waals surface area contributed by atoms with Gasteiger partial charge in [-0.25, -0.2) is 9.97 Å². The highest BCUT2D eigenvalue weighted by atomic mass is 16.3. The molecule has 0 N–H and O–H groups in total. The molecule has 0 unspecified atom stereocenters. The number of furan rings is 1. The molecular formula is C44H28N2O. The molecule has 3 heteroatoms. The molecule has 220 valence electrons. The van der Waals surface area contributed by atoms with E-state index in [0.717, 1.165) is 61.1 Å². The van der Waals surface area contributed by atoms with Gasteiger partial charge in [-0.05, 0) is 57.3 Å². The SMILES string of the molecule is c1ccc(-c2cc(-c3c(-c4ccc(-c5ccc6ccccc6c5)cc4)ccc4c3oc3ccccc34)nc(-c3ccccc3)n2)cc1. The summed E-state index contributed by atoms with van der Waals surface area (Å²) in [5.74, 6) is 0.674. The zero-order valence-electron chi connectivity index (χ0n) is 25.5. The fourth-order valence-electron chi connectivity index (χ4n) is 6.54. The van der Waals surface area contributed by atoms with E-state index in [9.17, 15) is 0 Å². The van der Waals surface area contributed by atoms with E-state index >= 15 is 0 Å². The predicted molar refractivity (Wildman–Crippen MR) is 194 cm³/mol. The van der Waals surface area contributed by atoms with Gasteiger partial charge in [-0.15, -0.1) is 0 Å². The minimum atomic E-state index is 0.674. The lowest BCUT2D eigenvalue weighted by molar-refractivity contribution is 0.670. The maximum Gasteiger partial charge on any atom is 0.160 e. The van der Waals surface area contributed by atoms with Crippen molar-refractivity contribution in [3.63, 3.8) is 0 Å². The largest absolute Gasteiger partial charge is 0.455 e. The smallest absolute Gasteiger partial charge is 0.160 e. The Morgan fingerprint density at radius 3 is 1.83 bits per heavy atom. The highest BCUT2D eigenvalue weighted by molar-refractivity contribution is 6.12. The van der Waals surface area contributed by atoms with Crippen LogP contribution in [0.5, 0.6) is 0 Å². The molecule has 47 heavy (non-hydrogen) atoms. The van der Waals surface area contributed by atoms with Gasteiger partial charge in [0.15, 0.2) is 5.82 Å². The Morgan fingerprint density at radius 1 is 0.383 bits per heavy atom. The van der Waals surface area contributed by atoms with Gasteiger partial charge < -0.3 is 4.42 Å². The lowest BCUT2D eigenvalue weighted by Gasteiger charge is -2.14. The first-order valence-corrected chi connectivity index (χ1v) is 15.8. The Morgan fingerprint density at radius 2 is 1.02 bits per heavy atom. The maximum absolute atomic E-state index is 6.66. The number of hydrogen-bond acceptors (Lipinski definition) is 3. The molecule has 0 amide bonds. The van der Waals surface area contributed by atoms with Gasteiger partial charge in [0.2, 0.25) is 0 Å². The maximum atomic E-state index is 6.66. The number of hydrogen-bond donors (Lipinski definition) is 0. The van der Waals surface area contributed by atoms with Gasteiger partial charge >= 0.3 is 0 Å². The number of para-hydroxylation sites is 1. The van der Waals surface area contributed by atoms with E-state index in [4.69, 9.17) is 14.4 Å². The van der Waals surface area contributed by atoms with Crippen LogP contribution < -0.4 is 0 Å². The number of rotatable bonds is 5. The van der Waals surface area contributed by atoms with E-state index in [1.807, 2.05) is 48.5 Å². The van der Waals surface area contributed by atoms with E-state index in [2.05, 4.69) is 121 Å². The van der Waals surface area contributed by atoms with E-state index < -0.39 is 0 Å². The van der Waals surface area contributed by atoms with Crippen LogP contribution in [0.25, 0.3) is 88.9 Å². The molecule has 0 aliphatic heterocycles. The quantitative estimate of drug-likeness (QED) is 0.197. The molecule has 9 aromatic rings. The van der Waals surface area contributed by atoms with E-state index in [1.165, 1.54) is 21.9 Å². The van der Waals surface area contributed by atoms with Crippen LogP contribution in [0.4, 0.5) is 0 Å². The summed E-state index contributed by atoms with van der Waals surface area (Å²) in [6.45, 7) is 0. The molecule has 0 atom stereocenters. The molecule has 0 saturated heterocycles. The molecule has 0 aliphatic carbocycles. The lowest BCUT2D eigenvalue weighted by atomic mass is 9.92. The third-order valence-corrected chi connectivity index (χ3v) is 8.91. The highest BCUT2D eigenvalue weighted by Crippen LogP contribution is 2.43. The van der Waals surface area contributed by atoms with E-state index in [0.29, 0.717) is 5.82 Å². The third kappa shape index (κ3) is 4.86. The van der Waals surface area contributed by atoms with Gasteiger partial charge in [0.25, 0.3) is 0 Å². The molecule has 0 radical (unpaired) electrons. The molecule has 0 spiro atoms. The summed E-state index contributed by atoms with van der Waals surface area (Å²) < 4.78 is 6.66. The van der Waals surface area contributed by atoms with Crippen molar-refractivity contribution in [3.8, 4) is 56.2 Å². The van der Waals surface area contributed by atoms with Gasteiger partial charge in [-0.2, -0.15) is 0 Å². The monoisotopic (exact) mass is 600 g/mol. The zero-order chi connectivity index (χ0) is 31.2. The van der Waals surface area contributed by atoms with Crippen LogP contribution in [0.1, 0.15) is 0 Å². The highest BCUT2D eigenvalue weighted by Gasteiger charge is 2.21. The lowest BCUT2D eigenvalue weighted by Crippen LogP contribution is -1.97. The van der Waals surface area contributed by atoms with Crippen molar-refractivity contribution >= 4 is 32.7 Å². The molecule has 2 aromatic heterocycles. The first kappa shape index (κ1) is 27.0. The summed E-state index contributed by atoms with van der Waals surface area (Å²) in [5.41, 5.74) is 10.8.